The van der Waals surface area contributed by atoms with E-state index in [1.165, 1.54) is 0 Å². The van der Waals surface area contributed by atoms with Gasteiger partial charge < -0.3 is 4.74 Å². The smallest absolute Gasteiger partial charge is 0.342 e. The Labute approximate surface area is 174 Å². The van der Waals surface area contributed by atoms with Crippen LogP contribution in [0.3, 0.4) is 0 Å². The van der Waals surface area contributed by atoms with E-state index in [0.717, 1.165) is 16.8 Å². The lowest BCUT2D eigenvalue weighted by Crippen LogP contribution is -2.14. The predicted octanol–water partition coefficient (Wildman–Crippen LogP) is 4.89. The van der Waals surface area contributed by atoms with Gasteiger partial charge in [-0.3, -0.25) is 4.79 Å². The van der Waals surface area contributed by atoms with Gasteiger partial charge in [-0.25, -0.2) is 9.48 Å². The molecule has 5 nitrogen and oxygen atoms in total. The summed E-state index contributed by atoms with van der Waals surface area (Å²) in [4.78, 5) is 25.2. The van der Waals surface area contributed by atoms with Crippen molar-refractivity contribution in [2.75, 3.05) is 6.61 Å². The van der Waals surface area contributed by atoms with Crippen LogP contribution < -0.4 is 0 Å². The van der Waals surface area contributed by atoms with Gasteiger partial charge in [0.15, 0.2) is 12.4 Å². The lowest BCUT2D eigenvalue weighted by molar-refractivity contribution is 0.0475. The predicted molar refractivity (Wildman–Crippen MR) is 115 cm³/mol. The molecule has 4 aromatic rings. The standard InChI is InChI=1S/C25H20N2O3/c1-18-12-14-19(15-13-18)23(28)17-30-25(29)22-16-27(21-10-6-3-7-11-21)26-24(22)20-8-4-2-5-9-20/h2-16H,17H2,1H3. The normalized spacial score (nSPS) is 10.6. The number of nitrogens with zero attached hydrogens (tertiary/aromatic N) is 2. The van der Waals surface area contributed by atoms with Crippen molar-refractivity contribution in [3.8, 4) is 16.9 Å². The Balaban J connectivity index is 1.60. The summed E-state index contributed by atoms with van der Waals surface area (Å²) in [5.74, 6) is -0.837. The largest absolute Gasteiger partial charge is 0.454 e. The Morgan fingerprint density at radius 3 is 2.17 bits per heavy atom. The van der Waals surface area contributed by atoms with Crippen molar-refractivity contribution in [1.29, 1.82) is 0 Å². The third kappa shape index (κ3) is 4.20. The van der Waals surface area contributed by atoms with E-state index in [4.69, 9.17) is 4.74 Å². The van der Waals surface area contributed by atoms with Crippen LogP contribution >= 0.6 is 0 Å². The second-order valence-corrected chi connectivity index (χ2v) is 6.90. The molecule has 0 fully saturated rings. The number of aromatic nitrogens is 2. The fourth-order valence-corrected chi connectivity index (χ4v) is 3.08. The number of ketones is 1. The number of rotatable bonds is 6. The molecule has 0 aliphatic rings. The average Bonchev–Trinajstić information content (AvgIpc) is 3.25. The monoisotopic (exact) mass is 396 g/mol. The zero-order valence-electron chi connectivity index (χ0n) is 16.5. The van der Waals surface area contributed by atoms with Gasteiger partial charge >= 0.3 is 5.97 Å². The second kappa shape index (κ2) is 8.57. The number of aryl methyl sites for hydroxylation is 1. The van der Waals surface area contributed by atoms with Crippen LogP contribution in [0.4, 0.5) is 0 Å². The van der Waals surface area contributed by atoms with Gasteiger partial charge in [0, 0.05) is 17.3 Å². The van der Waals surface area contributed by atoms with E-state index in [9.17, 15) is 9.59 Å². The second-order valence-electron chi connectivity index (χ2n) is 6.90. The molecule has 0 bridgehead atoms. The molecule has 1 aromatic heterocycles. The maximum Gasteiger partial charge on any atom is 0.342 e. The fourth-order valence-electron chi connectivity index (χ4n) is 3.08. The summed E-state index contributed by atoms with van der Waals surface area (Å²) in [6, 6.07) is 26.1. The minimum absolute atomic E-state index is 0.250. The Morgan fingerprint density at radius 2 is 1.50 bits per heavy atom. The first kappa shape index (κ1) is 19.3. The third-order valence-electron chi connectivity index (χ3n) is 4.71. The van der Waals surface area contributed by atoms with E-state index < -0.39 is 5.97 Å². The zero-order valence-corrected chi connectivity index (χ0v) is 16.5. The van der Waals surface area contributed by atoms with E-state index in [1.807, 2.05) is 79.7 Å². The molecule has 0 unspecified atom stereocenters. The van der Waals surface area contributed by atoms with Crippen LogP contribution in [0, 0.1) is 6.92 Å². The van der Waals surface area contributed by atoms with Crippen LogP contribution in [-0.2, 0) is 4.74 Å². The van der Waals surface area contributed by atoms with Gasteiger partial charge in [-0.1, -0.05) is 78.4 Å². The van der Waals surface area contributed by atoms with E-state index in [1.54, 1.807) is 23.0 Å². The molecule has 0 radical (unpaired) electrons. The van der Waals surface area contributed by atoms with Crippen LogP contribution in [0.5, 0.6) is 0 Å². The van der Waals surface area contributed by atoms with Crippen molar-refractivity contribution in [1.82, 2.24) is 9.78 Å². The fraction of sp³-hybridized carbons (Fsp3) is 0.0800. The quantitative estimate of drug-likeness (QED) is 0.344. The highest BCUT2D eigenvalue weighted by atomic mass is 16.5. The van der Waals surface area contributed by atoms with Crippen molar-refractivity contribution in [2.45, 2.75) is 6.92 Å². The first-order chi connectivity index (χ1) is 14.6. The zero-order chi connectivity index (χ0) is 20.9. The number of para-hydroxylation sites is 1. The summed E-state index contributed by atoms with van der Waals surface area (Å²) < 4.78 is 6.98. The van der Waals surface area contributed by atoms with Crippen molar-refractivity contribution in [3.63, 3.8) is 0 Å². The number of carbonyl (C=O) groups is 2. The topological polar surface area (TPSA) is 61.2 Å². The van der Waals surface area contributed by atoms with Gasteiger partial charge in [0.25, 0.3) is 0 Å². The van der Waals surface area contributed by atoms with E-state index >= 15 is 0 Å². The van der Waals surface area contributed by atoms with Gasteiger partial charge in [-0.15, -0.1) is 0 Å². The number of benzene rings is 3. The Kier molecular flexibility index (Phi) is 5.52. The highest BCUT2D eigenvalue weighted by Crippen LogP contribution is 2.24. The minimum atomic E-state index is -0.587. The number of esters is 1. The minimum Gasteiger partial charge on any atom is -0.454 e. The van der Waals surface area contributed by atoms with Gasteiger partial charge in [0.1, 0.15) is 11.3 Å². The molecular formula is C25H20N2O3. The lowest BCUT2D eigenvalue weighted by atomic mass is 10.1. The highest BCUT2D eigenvalue weighted by Gasteiger charge is 2.21. The molecule has 30 heavy (non-hydrogen) atoms. The molecule has 0 spiro atoms. The van der Waals surface area contributed by atoms with Crippen molar-refractivity contribution < 1.29 is 14.3 Å². The number of hydrogen-bond acceptors (Lipinski definition) is 4. The van der Waals surface area contributed by atoms with Gasteiger partial charge in [-0.05, 0) is 19.1 Å². The van der Waals surface area contributed by atoms with Crippen molar-refractivity contribution >= 4 is 11.8 Å². The molecule has 148 valence electrons. The molecular weight excluding hydrogens is 376 g/mol. The first-order valence-corrected chi connectivity index (χ1v) is 9.59. The van der Waals surface area contributed by atoms with Crippen LogP contribution in [-0.4, -0.2) is 28.1 Å². The van der Waals surface area contributed by atoms with Crippen LogP contribution in [0.25, 0.3) is 16.9 Å². The Bertz CT molecular complexity index is 1160. The van der Waals surface area contributed by atoms with Gasteiger partial charge in [0.2, 0.25) is 0 Å². The maximum atomic E-state index is 12.8. The highest BCUT2D eigenvalue weighted by molar-refractivity contribution is 6.01. The van der Waals surface area contributed by atoms with Crippen LogP contribution in [0.2, 0.25) is 0 Å². The number of hydrogen-bond donors (Lipinski definition) is 0. The molecule has 0 atom stereocenters. The number of ether oxygens (including phenoxy) is 1. The molecule has 0 saturated heterocycles. The van der Waals surface area contributed by atoms with Gasteiger partial charge in [0.05, 0.1) is 5.69 Å². The van der Waals surface area contributed by atoms with E-state index in [-0.39, 0.29) is 12.4 Å². The summed E-state index contributed by atoms with van der Waals surface area (Å²) in [5, 5.41) is 4.60. The summed E-state index contributed by atoms with van der Waals surface area (Å²) >= 11 is 0. The SMILES string of the molecule is Cc1ccc(C(=O)COC(=O)c2cn(-c3ccccc3)nc2-c2ccccc2)cc1. The molecule has 0 amide bonds. The van der Waals surface area contributed by atoms with E-state index in [0.29, 0.717) is 16.8 Å². The Morgan fingerprint density at radius 1 is 0.867 bits per heavy atom. The molecule has 0 saturated carbocycles. The maximum absolute atomic E-state index is 12.8. The molecule has 5 heteroatoms. The van der Waals surface area contributed by atoms with E-state index in [2.05, 4.69) is 5.10 Å². The summed E-state index contributed by atoms with van der Waals surface area (Å²) in [7, 11) is 0. The Hall–Kier alpha value is -3.99. The summed E-state index contributed by atoms with van der Waals surface area (Å²) in [6.07, 6.45) is 1.64. The summed E-state index contributed by atoms with van der Waals surface area (Å²) in [5.41, 5.74) is 4.00. The molecule has 3 aromatic carbocycles. The number of carbonyl (C=O) groups excluding carboxylic acids is 2. The van der Waals surface area contributed by atoms with Crippen LogP contribution in [0.1, 0.15) is 26.3 Å². The van der Waals surface area contributed by atoms with Crippen molar-refractivity contribution in [2.24, 2.45) is 0 Å². The molecule has 0 N–H and O–H groups in total. The molecule has 0 aliphatic heterocycles. The first-order valence-electron chi connectivity index (χ1n) is 9.59. The third-order valence-corrected chi connectivity index (χ3v) is 4.71. The van der Waals surface area contributed by atoms with Gasteiger partial charge in [-0.2, -0.15) is 5.10 Å². The molecule has 0 aliphatic carbocycles. The van der Waals surface area contributed by atoms with Crippen molar-refractivity contribution in [3.05, 3.63) is 108 Å². The molecule has 4 rings (SSSR count). The lowest BCUT2D eigenvalue weighted by Gasteiger charge is -2.05. The number of Topliss-reactive ketones (excluding diaryl/α,β-unsaturated/α-hetero) is 1. The molecule has 1 heterocycles. The average molecular weight is 396 g/mol. The van der Waals surface area contributed by atoms with Crippen LogP contribution in [0.15, 0.2) is 91.1 Å². The summed E-state index contributed by atoms with van der Waals surface area (Å²) in [6.45, 7) is 1.62.